The molecule has 0 unspecified atom stereocenters. The molecule has 1 N–H and O–H groups in total. The summed E-state index contributed by atoms with van der Waals surface area (Å²) in [6.07, 6.45) is -1.86. The van der Waals surface area contributed by atoms with E-state index in [2.05, 4.69) is 5.32 Å². The van der Waals surface area contributed by atoms with Crippen molar-refractivity contribution in [2.45, 2.75) is 33.0 Å². The Labute approximate surface area is 102 Å². The van der Waals surface area contributed by atoms with Gasteiger partial charge < -0.3 is 19.5 Å². The van der Waals surface area contributed by atoms with Crippen LogP contribution in [0.25, 0.3) is 0 Å². The second-order valence-electron chi connectivity index (χ2n) is 3.34. The van der Waals surface area contributed by atoms with Crippen LogP contribution in [0.5, 0.6) is 0 Å². The Bertz CT molecular complexity index is 156. The fraction of sp³-hybridized carbons (Fsp3) is 1.00. The molecule has 0 heterocycles. The topological polar surface area (TPSA) is 39.7 Å². The van der Waals surface area contributed by atoms with Gasteiger partial charge in [-0.25, -0.2) is 8.78 Å². The number of nitrogens with one attached hydrogen (secondary N) is 1. The third-order valence-corrected chi connectivity index (χ3v) is 1.93. The highest BCUT2D eigenvalue weighted by Crippen LogP contribution is 1.99. The first-order valence-corrected chi connectivity index (χ1v) is 6.00. The van der Waals surface area contributed by atoms with E-state index in [-0.39, 0.29) is 12.9 Å². The Balaban J connectivity index is 3.29. The van der Waals surface area contributed by atoms with Gasteiger partial charge in [0.05, 0.1) is 6.61 Å². The maximum absolute atomic E-state index is 11.7. The van der Waals surface area contributed by atoms with Crippen LogP contribution in [0.1, 0.15) is 20.3 Å². The zero-order valence-electron chi connectivity index (χ0n) is 10.6. The van der Waals surface area contributed by atoms with E-state index in [0.717, 1.165) is 6.42 Å². The summed E-state index contributed by atoms with van der Waals surface area (Å²) < 4.78 is 38.8. The highest BCUT2D eigenvalue weighted by Gasteiger charge is 2.06. The molecule has 17 heavy (non-hydrogen) atoms. The monoisotopic (exact) mass is 255 g/mol. The second kappa shape index (κ2) is 12.2. The number of hydrogen-bond acceptors (Lipinski definition) is 4. The molecule has 0 saturated carbocycles. The first-order chi connectivity index (χ1) is 8.20. The van der Waals surface area contributed by atoms with Crippen LogP contribution in [0.4, 0.5) is 8.78 Å². The van der Waals surface area contributed by atoms with Crippen molar-refractivity contribution in [1.82, 2.24) is 5.32 Å². The molecule has 0 aromatic heterocycles. The Morgan fingerprint density at radius 2 is 1.71 bits per heavy atom. The molecule has 4 nitrogen and oxygen atoms in total. The molecule has 0 saturated heterocycles. The molecule has 0 aromatic rings. The summed E-state index contributed by atoms with van der Waals surface area (Å²) in [5.74, 6) is 0. The van der Waals surface area contributed by atoms with E-state index in [1.165, 1.54) is 0 Å². The van der Waals surface area contributed by atoms with Gasteiger partial charge in [-0.2, -0.15) is 0 Å². The molecule has 0 aliphatic rings. The zero-order chi connectivity index (χ0) is 12.9. The summed E-state index contributed by atoms with van der Waals surface area (Å²) in [6.45, 7) is 6.11. The quantitative estimate of drug-likeness (QED) is 0.425. The van der Waals surface area contributed by atoms with Crippen LogP contribution in [0.2, 0.25) is 0 Å². The predicted octanol–water partition coefficient (Wildman–Crippen LogP) is 1.65. The number of alkyl halides is 2. The van der Waals surface area contributed by atoms with Crippen LogP contribution in [0.3, 0.4) is 0 Å². The van der Waals surface area contributed by atoms with Crippen molar-refractivity contribution in [3.05, 3.63) is 0 Å². The Hall–Kier alpha value is -0.300. The van der Waals surface area contributed by atoms with Gasteiger partial charge in [0.2, 0.25) is 0 Å². The van der Waals surface area contributed by atoms with Crippen molar-refractivity contribution in [2.24, 2.45) is 0 Å². The highest BCUT2D eigenvalue weighted by atomic mass is 19.3. The Morgan fingerprint density at radius 1 is 1.06 bits per heavy atom. The fourth-order valence-electron chi connectivity index (χ4n) is 1.25. The van der Waals surface area contributed by atoms with E-state index in [0.29, 0.717) is 26.3 Å². The van der Waals surface area contributed by atoms with Crippen molar-refractivity contribution in [3.8, 4) is 0 Å². The third-order valence-electron chi connectivity index (χ3n) is 1.93. The van der Waals surface area contributed by atoms with Gasteiger partial charge in [-0.15, -0.1) is 0 Å². The standard InChI is InChI=1S/C11H23F2NO3/c1-3-16-11(17-4-2)5-6-14-7-8-15-9-10(12)13/h10-11,14H,3-9H2,1-2H3. The van der Waals surface area contributed by atoms with Crippen LogP contribution in [-0.2, 0) is 14.2 Å². The minimum absolute atomic E-state index is 0.195. The summed E-state index contributed by atoms with van der Waals surface area (Å²) in [7, 11) is 0. The largest absolute Gasteiger partial charge is 0.374 e. The lowest BCUT2D eigenvalue weighted by Crippen LogP contribution is -2.27. The van der Waals surface area contributed by atoms with Crippen molar-refractivity contribution in [2.75, 3.05) is 39.5 Å². The number of hydrogen-bond donors (Lipinski definition) is 1. The first kappa shape index (κ1) is 16.7. The minimum atomic E-state index is -2.39. The normalized spacial score (nSPS) is 11.6. The Kier molecular flexibility index (Phi) is 12.0. The number of halogens is 2. The smallest absolute Gasteiger partial charge is 0.261 e. The molecule has 0 aromatic carbocycles. The first-order valence-electron chi connectivity index (χ1n) is 6.00. The van der Waals surface area contributed by atoms with Gasteiger partial charge in [-0.1, -0.05) is 0 Å². The van der Waals surface area contributed by atoms with Crippen LogP contribution < -0.4 is 5.32 Å². The molecule has 0 rings (SSSR count). The molecule has 0 fully saturated rings. The average Bonchev–Trinajstić information content (AvgIpc) is 2.28. The molecule has 0 amide bonds. The molecule has 0 aliphatic carbocycles. The second-order valence-corrected chi connectivity index (χ2v) is 3.34. The van der Waals surface area contributed by atoms with Gasteiger partial charge in [0.25, 0.3) is 6.43 Å². The molecule has 6 heteroatoms. The lowest BCUT2D eigenvalue weighted by atomic mass is 10.4. The maximum Gasteiger partial charge on any atom is 0.261 e. The van der Waals surface area contributed by atoms with Gasteiger partial charge in [-0.3, -0.25) is 0 Å². The molecular weight excluding hydrogens is 232 g/mol. The molecule has 0 atom stereocenters. The molecule has 0 radical (unpaired) electrons. The van der Waals surface area contributed by atoms with Crippen LogP contribution in [0.15, 0.2) is 0 Å². The fourth-order valence-corrected chi connectivity index (χ4v) is 1.25. The maximum atomic E-state index is 11.7. The van der Waals surface area contributed by atoms with Gasteiger partial charge in [-0.05, 0) is 13.8 Å². The van der Waals surface area contributed by atoms with Crippen LogP contribution in [-0.4, -0.2) is 52.2 Å². The van der Waals surface area contributed by atoms with E-state index >= 15 is 0 Å². The van der Waals surface area contributed by atoms with Crippen molar-refractivity contribution in [1.29, 1.82) is 0 Å². The van der Waals surface area contributed by atoms with Crippen molar-refractivity contribution in [3.63, 3.8) is 0 Å². The van der Waals surface area contributed by atoms with Crippen molar-refractivity contribution >= 4 is 0 Å². The molecule has 104 valence electrons. The van der Waals surface area contributed by atoms with Gasteiger partial charge in [0.15, 0.2) is 6.29 Å². The summed E-state index contributed by atoms with van der Waals surface area (Å²) in [6, 6.07) is 0. The van der Waals surface area contributed by atoms with E-state index in [1.807, 2.05) is 13.8 Å². The lowest BCUT2D eigenvalue weighted by Gasteiger charge is -2.16. The average molecular weight is 255 g/mol. The van der Waals surface area contributed by atoms with Crippen LogP contribution >= 0.6 is 0 Å². The summed E-state index contributed by atoms with van der Waals surface area (Å²) in [5, 5.41) is 3.08. The van der Waals surface area contributed by atoms with Gasteiger partial charge in [0, 0.05) is 32.7 Å². The Morgan fingerprint density at radius 3 is 2.24 bits per heavy atom. The van der Waals surface area contributed by atoms with E-state index in [9.17, 15) is 8.78 Å². The zero-order valence-corrected chi connectivity index (χ0v) is 10.6. The molecule has 0 aliphatic heterocycles. The summed E-state index contributed by atoms with van der Waals surface area (Å²) >= 11 is 0. The minimum Gasteiger partial charge on any atom is -0.374 e. The third kappa shape index (κ3) is 12.0. The lowest BCUT2D eigenvalue weighted by molar-refractivity contribution is -0.138. The summed E-state index contributed by atoms with van der Waals surface area (Å²) in [5.41, 5.74) is 0. The predicted molar refractivity (Wildman–Crippen MR) is 61.3 cm³/mol. The van der Waals surface area contributed by atoms with Crippen molar-refractivity contribution < 1.29 is 23.0 Å². The van der Waals surface area contributed by atoms with E-state index in [4.69, 9.17) is 14.2 Å². The van der Waals surface area contributed by atoms with Gasteiger partial charge >= 0.3 is 0 Å². The van der Waals surface area contributed by atoms with E-state index < -0.39 is 13.0 Å². The highest BCUT2D eigenvalue weighted by molar-refractivity contribution is 4.51. The molecule has 0 spiro atoms. The van der Waals surface area contributed by atoms with Gasteiger partial charge in [0.1, 0.15) is 6.61 Å². The SMILES string of the molecule is CCOC(CCNCCOCC(F)F)OCC. The summed E-state index contributed by atoms with van der Waals surface area (Å²) in [4.78, 5) is 0. The van der Waals surface area contributed by atoms with E-state index in [1.54, 1.807) is 0 Å². The number of ether oxygens (including phenoxy) is 3. The molecule has 0 bridgehead atoms. The number of rotatable bonds is 12. The van der Waals surface area contributed by atoms with Crippen LogP contribution in [0, 0.1) is 0 Å². The molecular formula is C11H23F2NO3.